The molecule has 0 heterocycles. The maximum Gasteiger partial charge on any atom is 1.00 e. The second-order valence-corrected chi connectivity index (χ2v) is 6.19. The molecular weight excluding hydrogens is 343 g/mol. The molecule has 0 atom stereocenters. The first kappa shape index (κ1) is 28.9. The standard InChI is InChI=1S/C12H26O4S.C4H6O2.Na/c1-2-3-4-5-6-7-8-9-10-11-12-16-17(13,14)15;1-3-4(5)6-2;/h2-12H2,1H3,(H,13,14,15);3H,1H2,2H3;/q;;+1/p-1. The summed E-state index contributed by atoms with van der Waals surface area (Å²) in [5.74, 6) is -0.394. The Hall–Kier alpha value is 0.0800. The predicted octanol–water partition coefficient (Wildman–Crippen LogP) is 0.734. The van der Waals surface area contributed by atoms with Gasteiger partial charge in [-0.1, -0.05) is 71.3 Å². The number of ether oxygens (including phenoxy) is 1. The van der Waals surface area contributed by atoms with Crippen molar-refractivity contribution in [2.75, 3.05) is 13.7 Å². The van der Waals surface area contributed by atoms with Gasteiger partial charge in [0, 0.05) is 6.08 Å². The molecule has 0 aromatic heterocycles. The van der Waals surface area contributed by atoms with E-state index >= 15 is 0 Å². The van der Waals surface area contributed by atoms with Crippen LogP contribution >= 0.6 is 0 Å². The van der Waals surface area contributed by atoms with E-state index in [1.165, 1.54) is 52.1 Å². The van der Waals surface area contributed by atoms with E-state index in [4.69, 9.17) is 0 Å². The minimum Gasteiger partial charge on any atom is -0.726 e. The fraction of sp³-hybridized carbons (Fsp3) is 0.812. The molecule has 0 fully saturated rings. The van der Waals surface area contributed by atoms with E-state index < -0.39 is 16.4 Å². The summed E-state index contributed by atoms with van der Waals surface area (Å²) in [4.78, 5) is 9.84. The van der Waals surface area contributed by atoms with Crippen molar-refractivity contribution in [3.05, 3.63) is 12.7 Å². The summed E-state index contributed by atoms with van der Waals surface area (Å²) in [6.45, 7) is 5.40. The van der Waals surface area contributed by atoms with Crippen molar-refractivity contribution in [3.8, 4) is 0 Å². The van der Waals surface area contributed by atoms with Crippen molar-refractivity contribution in [1.29, 1.82) is 0 Å². The Labute approximate surface area is 169 Å². The number of hydrogen-bond donors (Lipinski definition) is 0. The largest absolute Gasteiger partial charge is 1.00 e. The molecular formula is C16H31NaO6S. The van der Waals surface area contributed by atoms with E-state index in [1.54, 1.807) is 0 Å². The Morgan fingerprint density at radius 2 is 1.42 bits per heavy atom. The third-order valence-electron chi connectivity index (χ3n) is 3.09. The summed E-state index contributed by atoms with van der Waals surface area (Å²) >= 11 is 0. The second-order valence-electron chi connectivity index (χ2n) is 5.14. The molecule has 0 aromatic rings. The summed E-state index contributed by atoms with van der Waals surface area (Å²) in [7, 11) is -3.17. The molecule has 0 radical (unpaired) electrons. The van der Waals surface area contributed by atoms with Gasteiger partial charge in [-0.2, -0.15) is 0 Å². The molecule has 8 heteroatoms. The molecule has 0 bridgehead atoms. The zero-order chi connectivity index (χ0) is 18.0. The maximum absolute atomic E-state index is 10.1. The van der Waals surface area contributed by atoms with Gasteiger partial charge in [0.2, 0.25) is 10.4 Å². The molecule has 0 N–H and O–H groups in total. The first-order valence-electron chi connectivity index (χ1n) is 8.18. The predicted molar refractivity (Wildman–Crippen MR) is 89.7 cm³/mol. The fourth-order valence-corrected chi connectivity index (χ4v) is 2.16. The van der Waals surface area contributed by atoms with Gasteiger partial charge in [0.1, 0.15) is 0 Å². The van der Waals surface area contributed by atoms with Gasteiger partial charge < -0.3 is 9.29 Å². The van der Waals surface area contributed by atoms with Gasteiger partial charge in [-0.3, -0.25) is 4.18 Å². The number of carbonyl (C=O) groups excluding carboxylic acids is 1. The first-order chi connectivity index (χ1) is 10.9. The van der Waals surface area contributed by atoms with Crippen LogP contribution in [0.2, 0.25) is 0 Å². The average molecular weight is 374 g/mol. The first-order valence-corrected chi connectivity index (χ1v) is 9.51. The molecule has 0 aliphatic rings. The Bertz CT molecular complexity index is 384. The zero-order valence-corrected chi connectivity index (χ0v) is 18.2. The van der Waals surface area contributed by atoms with E-state index in [0.29, 0.717) is 6.42 Å². The SMILES string of the molecule is C=CC(=O)OC.CCCCCCCCCCCCOS(=O)(=O)[O-].[Na+]. The molecule has 24 heavy (non-hydrogen) atoms. The van der Waals surface area contributed by atoms with E-state index in [2.05, 4.69) is 22.4 Å². The smallest absolute Gasteiger partial charge is 0.726 e. The molecule has 0 saturated heterocycles. The summed E-state index contributed by atoms with van der Waals surface area (Å²) in [6.07, 6.45) is 12.8. The van der Waals surface area contributed by atoms with Gasteiger partial charge in [0.15, 0.2) is 0 Å². The van der Waals surface area contributed by atoms with Gasteiger partial charge in [-0.25, -0.2) is 13.2 Å². The molecule has 0 spiro atoms. The van der Waals surface area contributed by atoms with Gasteiger partial charge in [-0.15, -0.1) is 0 Å². The molecule has 138 valence electrons. The third kappa shape index (κ3) is 30.0. The van der Waals surface area contributed by atoms with Gasteiger partial charge in [-0.05, 0) is 6.42 Å². The van der Waals surface area contributed by atoms with E-state index in [1.807, 2.05) is 0 Å². The number of unbranched alkanes of at least 4 members (excludes halogenated alkanes) is 9. The quantitative estimate of drug-likeness (QED) is 0.118. The molecule has 0 saturated carbocycles. The van der Waals surface area contributed by atoms with E-state index in [-0.39, 0.29) is 36.2 Å². The van der Waals surface area contributed by atoms with Crippen LogP contribution in [0.25, 0.3) is 0 Å². The number of methoxy groups -OCH3 is 1. The zero-order valence-electron chi connectivity index (χ0n) is 15.4. The summed E-state index contributed by atoms with van der Waals surface area (Å²) in [5, 5.41) is 0. The van der Waals surface area contributed by atoms with Gasteiger partial charge >= 0.3 is 35.5 Å². The summed E-state index contributed by atoms with van der Waals surface area (Å²) in [6, 6.07) is 0. The van der Waals surface area contributed by atoms with Crippen LogP contribution in [0.5, 0.6) is 0 Å². The summed E-state index contributed by atoms with van der Waals surface area (Å²) in [5.41, 5.74) is 0. The molecule has 0 aliphatic carbocycles. The molecule has 0 unspecified atom stereocenters. The van der Waals surface area contributed by atoms with Crippen LogP contribution in [0, 0.1) is 0 Å². The van der Waals surface area contributed by atoms with Crippen molar-refractivity contribution in [1.82, 2.24) is 0 Å². The van der Waals surface area contributed by atoms with Crippen LogP contribution in [0.15, 0.2) is 12.7 Å². The van der Waals surface area contributed by atoms with Crippen molar-refractivity contribution in [3.63, 3.8) is 0 Å². The fourth-order valence-electron chi connectivity index (χ4n) is 1.83. The molecule has 0 amide bonds. The van der Waals surface area contributed by atoms with Crippen LogP contribution in [0.4, 0.5) is 0 Å². The molecule has 0 aromatic carbocycles. The minimum atomic E-state index is -4.48. The average Bonchev–Trinajstić information content (AvgIpc) is 2.51. The van der Waals surface area contributed by atoms with Crippen molar-refractivity contribution in [2.45, 2.75) is 71.1 Å². The Balaban J connectivity index is -0.000000538. The molecule has 6 nitrogen and oxygen atoms in total. The monoisotopic (exact) mass is 374 g/mol. The normalized spacial score (nSPS) is 10.1. The Morgan fingerprint density at radius 1 is 1.00 bits per heavy atom. The summed E-state index contributed by atoms with van der Waals surface area (Å²) < 4.78 is 38.6. The number of esters is 1. The Kier molecular flexibility index (Phi) is 25.4. The number of rotatable bonds is 13. The molecule has 0 aliphatic heterocycles. The van der Waals surface area contributed by atoms with Gasteiger partial charge in [0.25, 0.3) is 0 Å². The number of hydrogen-bond acceptors (Lipinski definition) is 6. The van der Waals surface area contributed by atoms with Crippen LogP contribution in [0.1, 0.15) is 71.1 Å². The molecule has 0 rings (SSSR count). The maximum atomic E-state index is 10.1. The Morgan fingerprint density at radius 3 is 1.71 bits per heavy atom. The van der Waals surface area contributed by atoms with Crippen LogP contribution in [-0.2, 0) is 24.1 Å². The topological polar surface area (TPSA) is 92.7 Å². The van der Waals surface area contributed by atoms with Crippen LogP contribution in [0.3, 0.4) is 0 Å². The van der Waals surface area contributed by atoms with E-state index in [0.717, 1.165) is 18.9 Å². The van der Waals surface area contributed by atoms with Crippen molar-refractivity contribution in [2.24, 2.45) is 0 Å². The third-order valence-corrected chi connectivity index (χ3v) is 3.55. The van der Waals surface area contributed by atoms with Crippen LogP contribution < -0.4 is 29.6 Å². The van der Waals surface area contributed by atoms with Crippen molar-refractivity contribution >= 4 is 16.4 Å². The van der Waals surface area contributed by atoms with E-state index in [9.17, 15) is 17.8 Å². The number of carbonyl (C=O) groups is 1. The minimum absolute atomic E-state index is 0. The van der Waals surface area contributed by atoms with Gasteiger partial charge in [0.05, 0.1) is 13.7 Å². The second kappa shape index (κ2) is 21.1. The van der Waals surface area contributed by atoms with Crippen molar-refractivity contribution < 1.29 is 56.2 Å². The van der Waals surface area contributed by atoms with Crippen LogP contribution in [-0.4, -0.2) is 32.7 Å².